The van der Waals surface area contributed by atoms with E-state index in [1.54, 1.807) is 11.4 Å². The predicted molar refractivity (Wildman–Crippen MR) is 117 cm³/mol. The third-order valence-corrected chi connectivity index (χ3v) is 9.56. The summed E-state index contributed by atoms with van der Waals surface area (Å²) < 4.78 is 28.4. The molecule has 1 aromatic heterocycles. The first-order valence-electron chi connectivity index (χ1n) is 10.7. The summed E-state index contributed by atoms with van der Waals surface area (Å²) >= 11 is 1.24. The van der Waals surface area contributed by atoms with Gasteiger partial charge >= 0.3 is 0 Å². The van der Waals surface area contributed by atoms with Crippen molar-refractivity contribution in [1.82, 2.24) is 14.1 Å². The summed E-state index contributed by atoms with van der Waals surface area (Å²) in [7, 11) is -3.71. The highest BCUT2D eigenvalue weighted by Crippen LogP contribution is 2.31. The van der Waals surface area contributed by atoms with Gasteiger partial charge in [0.2, 0.25) is 10.0 Å². The van der Waals surface area contributed by atoms with Crippen LogP contribution in [-0.4, -0.2) is 67.2 Å². The van der Waals surface area contributed by atoms with Crippen LogP contribution in [0.1, 0.15) is 40.1 Å². The molecule has 0 aliphatic carbocycles. The van der Waals surface area contributed by atoms with Crippen LogP contribution in [0.2, 0.25) is 0 Å². The van der Waals surface area contributed by atoms with Crippen molar-refractivity contribution >= 4 is 27.3 Å². The van der Waals surface area contributed by atoms with E-state index in [0.29, 0.717) is 43.5 Å². The smallest absolute Gasteiger partial charge is 0.265 e. The highest BCUT2D eigenvalue weighted by Gasteiger charge is 2.36. The molecule has 160 valence electrons. The molecule has 2 saturated heterocycles. The topological polar surface area (TPSA) is 60.9 Å². The van der Waals surface area contributed by atoms with E-state index in [4.69, 9.17) is 0 Å². The number of carbonyl (C=O) groups excluding carboxylic acids is 1. The molecule has 3 aliphatic rings. The number of nitrogens with zero attached hydrogens (tertiary/aromatic N) is 3. The predicted octanol–water partition coefficient (Wildman–Crippen LogP) is 2.81. The molecule has 8 heteroatoms. The number of benzene rings is 1. The van der Waals surface area contributed by atoms with E-state index < -0.39 is 10.0 Å². The number of amides is 1. The molecule has 1 unspecified atom stereocenters. The number of hydrogen-bond donors (Lipinski definition) is 0. The zero-order chi connectivity index (χ0) is 20.7. The monoisotopic (exact) mass is 445 g/mol. The Kier molecular flexibility index (Phi) is 5.43. The fourth-order valence-electron chi connectivity index (χ4n) is 4.95. The Morgan fingerprint density at radius 3 is 2.57 bits per heavy atom. The van der Waals surface area contributed by atoms with Gasteiger partial charge in [0, 0.05) is 32.2 Å². The number of likely N-dealkylation sites (tertiary alicyclic amines) is 2. The van der Waals surface area contributed by atoms with E-state index in [2.05, 4.69) is 11.0 Å². The normalized spacial score (nSPS) is 23.1. The van der Waals surface area contributed by atoms with Crippen molar-refractivity contribution < 1.29 is 13.2 Å². The van der Waals surface area contributed by atoms with E-state index in [-0.39, 0.29) is 10.8 Å². The fourth-order valence-corrected chi connectivity index (χ4v) is 7.73. The van der Waals surface area contributed by atoms with Crippen LogP contribution in [0.3, 0.4) is 0 Å². The summed E-state index contributed by atoms with van der Waals surface area (Å²) in [5.41, 5.74) is 2.25. The summed E-state index contributed by atoms with van der Waals surface area (Å²) in [6.07, 6.45) is 4.14. The van der Waals surface area contributed by atoms with Crippen LogP contribution in [0, 0.1) is 0 Å². The summed E-state index contributed by atoms with van der Waals surface area (Å²) in [6.45, 7) is 4.44. The van der Waals surface area contributed by atoms with Crippen LogP contribution in [0.15, 0.2) is 40.6 Å². The lowest BCUT2D eigenvalue weighted by Crippen LogP contribution is -2.38. The third-order valence-electron chi connectivity index (χ3n) is 6.64. The quantitative estimate of drug-likeness (QED) is 0.726. The van der Waals surface area contributed by atoms with Gasteiger partial charge in [0.25, 0.3) is 5.91 Å². The van der Waals surface area contributed by atoms with Gasteiger partial charge in [-0.15, -0.1) is 11.3 Å². The zero-order valence-corrected chi connectivity index (χ0v) is 18.6. The van der Waals surface area contributed by atoms with Crippen molar-refractivity contribution in [2.24, 2.45) is 0 Å². The standard InChI is InChI=1S/C22H27N3O3S2/c26-22(24-12-8-19(16-24)23-10-3-4-11-23)21-20(9-14-29-21)30(27,28)25-13-7-17-5-1-2-6-18(17)15-25/h1-2,5-6,9,14,19H,3-4,7-8,10-13,15-16H2. The third kappa shape index (κ3) is 3.60. The molecule has 1 amide bonds. The molecule has 0 saturated carbocycles. The molecule has 0 spiro atoms. The highest BCUT2D eigenvalue weighted by molar-refractivity contribution is 7.89. The molecule has 0 bridgehead atoms. The molecule has 0 radical (unpaired) electrons. The minimum absolute atomic E-state index is 0.136. The molecule has 3 aliphatic heterocycles. The first kappa shape index (κ1) is 20.2. The Morgan fingerprint density at radius 2 is 1.77 bits per heavy atom. The molecular weight excluding hydrogens is 418 g/mol. The SMILES string of the molecule is O=C(c1sccc1S(=O)(=O)N1CCc2ccccc2C1)N1CCC(N2CCCC2)C1. The summed E-state index contributed by atoms with van der Waals surface area (Å²) in [5, 5.41) is 1.73. The van der Waals surface area contributed by atoms with Crippen molar-refractivity contribution in [1.29, 1.82) is 0 Å². The van der Waals surface area contributed by atoms with Crippen LogP contribution in [0.4, 0.5) is 0 Å². The van der Waals surface area contributed by atoms with Gasteiger partial charge in [0.05, 0.1) is 0 Å². The number of hydrogen-bond acceptors (Lipinski definition) is 5. The van der Waals surface area contributed by atoms with E-state index in [0.717, 1.165) is 25.1 Å². The minimum atomic E-state index is -3.71. The maximum atomic E-state index is 13.4. The summed E-state index contributed by atoms with van der Waals surface area (Å²) in [6, 6.07) is 9.99. The Bertz CT molecular complexity index is 1040. The van der Waals surface area contributed by atoms with Gasteiger partial charge in [-0.25, -0.2) is 8.42 Å². The van der Waals surface area contributed by atoms with Gasteiger partial charge in [-0.2, -0.15) is 4.31 Å². The van der Waals surface area contributed by atoms with Gasteiger partial charge in [-0.05, 0) is 61.3 Å². The van der Waals surface area contributed by atoms with Gasteiger partial charge in [-0.3, -0.25) is 9.69 Å². The number of carbonyl (C=O) groups is 1. The van der Waals surface area contributed by atoms with Crippen LogP contribution in [-0.2, 0) is 23.0 Å². The summed E-state index contributed by atoms with van der Waals surface area (Å²) in [4.78, 5) is 18.1. The molecule has 1 aromatic carbocycles. The maximum absolute atomic E-state index is 13.4. The van der Waals surface area contributed by atoms with E-state index in [1.165, 1.54) is 34.0 Å². The molecule has 5 rings (SSSR count). The Balaban J connectivity index is 1.35. The Labute approximate surface area is 182 Å². The largest absolute Gasteiger partial charge is 0.336 e. The van der Waals surface area contributed by atoms with Crippen molar-refractivity contribution in [3.05, 3.63) is 51.7 Å². The molecule has 4 heterocycles. The number of fused-ring (bicyclic) bond motifs is 1. The maximum Gasteiger partial charge on any atom is 0.265 e. The van der Waals surface area contributed by atoms with E-state index in [1.807, 2.05) is 23.1 Å². The molecule has 0 N–H and O–H groups in total. The first-order chi connectivity index (χ1) is 14.5. The number of sulfonamides is 1. The van der Waals surface area contributed by atoms with Crippen LogP contribution in [0.5, 0.6) is 0 Å². The molecule has 2 aromatic rings. The zero-order valence-electron chi connectivity index (χ0n) is 17.0. The van der Waals surface area contributed by atoms with Gasteiger partial charge < -0.3 is 4.90 Å². The second kappa shape index (κ2) is 8.07. The van der Waals surface area contributed by atoms with Crippen molar-refractivity contribution in [3.63, 3.8) is 0 Å². The number of thiophene rings is 1. The van der Waals surface area contributed by atoms with Crippen LogP contribution in [0.25, 0.3) is 0 Å². The molecule has 30 heavy (non-hydrogen) atoms. The Hall–Kier alpha value is -1.74. The lowest BCUT2D eigenvalue weighted by atomic mass is 10.0. The van der Waals surface area contributed by atoms with Crippen LogP contribution >= 0.6 is 11.3 Å². The average Bonchev–Trinajstić information content (AvgIpc) is 3.53. The van der Waals surface area contributed by atoms with Gasteiger partial charge in [0.15, 0.2) is 0 Å². The molecular formula is C22H27N3O3S2. The van der Waals surface area contributed by atoms with Crippen LogP contribution < -0.4 is 0 Å². The molecule has 1 atom stereocenters. The average molecular weight is 446 g/mol. The van der Waals surface area contributed by atoms with Gasteiger partial charge in [0.1, 0.15) is 9.77 Å². The lowest BCUT2D eigenvalue weighted by molar-refractivity contribution is 0.0781. The molecule has 2 fully saturated rings. The van der Waals surface area contributed by atoms with E-state index in [9.17, 15) is 13.2 Å². The van der Waals surface area contributed by atoms with Crippen molar-refractivity contribution in [2.75, 3.05) is 32.7 Å². The van der Waals surface area contributed by atoms with Crippen molar-refractivity contribution in [2.45, 2.75) is 43.2 Å². The second-order valence-corrected chi connectivity index (χ2v) is 11.2. The van der Waals surface area contributed by atoms with E-state index >= 15 is 0 Å². The first-order valence-corrected chi connectivity index (χ1v) is 13.0. The number of rotatable bonds is 4. The summed E-state index contributed by atoms with van der Waals surface area (Å²) in [5.74, 6) is -0.136. The van der Waals surface area contributed by atoms with Crippen molar-refractivity contribution in [3.8, 4) is 0 Å². The van der Waals surface area contributed by atoms with Gasteiger partial charge in [-0.1, -0.05) is 24.3 Å². The molecule has 6 nitrogen and oxygen atoms in total. The second-order valence-electron chi connectivity index (χ2n) is 8.41. The lowest BCUT2D eigenvalue weighted by Gasteiger charge is -2.28. The fraction of sp³-hybridized carbons (Fsp3) is 0.500. The minimum Gasteiger partial charge on any atom is -0.336 e. The highest BCUT2D eigenvalue weighted by atomic mass is 32.2. The Morgan fingerprint density at radius 1 is 1.00 bits per heavy atom.